The zero-order chi connectivity index (χ0) is 9.97. The first-order chi connectivity index (χ1) is 6.75. The monoisotopic (exact) mass is 256 g/mol. The van der Waals surface area contributed by atoms with Crippen LogP contribution < -0.4 is 0 Å². The van der Waals surface area contributed by atoms with Gasteiger partial charge in [-0.05, 0) is 40.4 Å². The van der Waals surface area contributed by atoms with Crippen LogP contribution in [0.15, 0.2) is 16.9 Å². The molecule has 1 aliphatic heterocycles. The van der Waals surface area contributed by atoms with Gasteiger partial charge in [0.15, 0.2) is 0 Å². The third kappa shape index (κ3) is 2.18. The molecule has 14 heavy (non-hydrogen) atoms. The molecule has 1 amide bonds. The third-order valence-electron chi connectivity index (χ3n) is 2.50. The highest BCUT2D eigenvalue weighted by atomic mass is 79.9. The van der Waals surface area contributed by atoms with E-state index in [1.54, 1.807) is 0 Å². The Morgan fingerprint density at radius 1 is 1.50 bits per heavy atom. The number of nitrogens with one attached hydrogen (secondary N) is 1. The van der Waals surface area contributed by atoms with Crippen LogP contribution in [0.4, 0.5) is 0 Å². The summed E-state index contributed by atoms with van der Waals surface area (Å²) in [5, 5.41) is 0. The molecule has 1 aromatic rings. The Morgan fingerprint density at radius 2 is 2.36 bits per heavy atom. The summed E-state index contributed by atoms with van der Waals surface area (Å²) < 4.78 is 0.969. The number of H-pyrrole nitrogens is 1. The lowest BCUT2D eigenvalue weighted by atomic mass is 10.1. The van der Waals surface area contributed by atoms with Crippen LogP contribution in [0.25, 0.3) is 0 Å². The van der Waals surface area contributed by atoms with Gasteiger partial charge < -0.3 is 9.88 Å². The lowest BCUT2D eigenvalue weighted by molar-refractivity contribution is -0.133. The maximum Gasteiger partial charge on any atom is 0.222 e. The van der Waals surface area contributed by atoms with Crippen molar-refractivity contribution in [3.05, 3.63) is 22.4 Å². The van der Waals surface area contributed by atoms with E-state index >= 15 is 0 Å². The van der Waals surface area contributed by atoms with Gasteiger partial charge >= 0.3 is 0 Å². The molecule has 1 aliphatic rings. The summed E-state index contributed by atoms with van der Waals surface area (Å²) in [5.74, 6) is 0.286. The molecule has 1 N–H and O–H groups in total. The van der Waals surface area contributed by atoms with E-state index in [1.165, 1.54) is 0 Å². The number of rotatable bonds is 2. The largest absolute Gasteiger partial charge is 0.356 e. The minimum atomic E-state index is 0.286. The van der Waals surface area contributed by atoms with Crippen LogP contribution in [0.3, 0.4) is 0 Å². The molecule has 1 aromatic heterocycles. The molecule has 0 bridgehead atoms. The molecule has 76 valence electrons. The van der Waals surface area contributed by atoms with Gasteiger partial charge in [-0.1, -0.05) is 0 Å². The first-order valence-corrected chi connectivity index (χ1v) is 5.65. The minimum absolute atomic E-state index is 0.286. The normalized spacial score (nSPS) is 17.5. The fourth-order valence-electron chi connectivity index (χ4n) is 1.75. The standard InChI is InChI=1S/C10H13BrN2O/c11-9-5-8(6-12-9)7-13-4-2-1-3-10(13)14/h5-6,12H,1-4,7H2. The van der Waals surface area contributed by atoms with E-state index in [4.69, 9.17) is 0 Å². The van der Waals surface area contributed by atoms with E-state index in [-0.39, 0.29) is 5.91 Å². The van der Waals surface area contributed by atoms with Crippen LogP contribution in [-0.4, -0.2) is 22.3 Å². The summed E-state index contributed by atoms with van der Waals surface area (Å²) in [6.45, 7) is 1.64. The molecule has 0 atom stereocenters. The third-order valence-corrected chi connectivity index (χ3v) is 2.96. The minimum Gasteiger partial charge on any atom is -0.356 e. The van der Waals surface area contributed by atoms with Crippen molar-refractivity contribution in [1.29, 1.82) is 0 Å². The SMILES string of the molecule is O=C1CCCCN1Cc1c[nH]c(Br)c1. The molecular weight excluding hydrogens is 244 g/mol. The molecule has 0 saturated carbocycles. The molecule has 2 rings (SSSR count). The van der Waals surface area contributed by atoms with Gasteiger partial charge in [-0.25, -0.2) is 0 Å². The number of likely N-dealkylation sites (tertiary alicyclic amines) is 1. The molecule has 0 aromatic carbocycles. The Morgan fingerprint density at radius 3 is 3.00 bits per heavy atom. The highest BCUT2D eigenvalue weighted by molar-refractivity contribution is 9.10. The fourth-order valence-corrected chi connectivity index (χ4v) is 2.16. The lowest BCUT2D eigenvalue weighted by Crippen LogP contribution is -2.34. The summed E-state index contributed by atoms with van der Waals surface area (Å²) in [6, 6.07) is 2.02. The first-order valence-electron chi connectivity index (χ1n) is 4.86. The zero-order valence-electron chi connectivity index (χ0n) is 7.92. The summed E-state index contributed by atoms with van der Waals surface area (Å²) in [6.07, 6.45) is 4.83. The summed E-state index contributed by atoms with van der Waals surface area (Å²) in [5.41, 5.74) is 1.16. The van der Waals surface area contributed by atoms with E-state index in [2.05, 4.69) is 20.9 Å². The van der Waals surface area contributed by atoms with Gasteiger partial charge in [0.2, 0.25) is 5.91 Å². The Bertz CT molecular complexity index is 335. The molecule has 4 heteroatoms. The Balaban J connectivity index is 1.99. The summed E-state index contributed by atoms with van der Waals surface area (Å²) in [4.78, 5) is 16.5. The van der Waals surface area contributed by atoms with E-state index in [0.717, 1.165) is 36.1 Å². The van der Waals surface area contributed by atoms with Crippen molar-refractivity contribution in [2.45, 2.75) is 25.8 Å². The molecule has 0 aliphatic carbocycles. The van der Waals surface area contributed by atoms with Crippen LogP contribution in [0.1, 0.15) is 24.8 Å². The summed E-state index contributed by atoms with van der Waals surface area (Å²) >= 11 is 3.35. The van der Waals surface area contributed by atoms with E-state index in [9.17, 15) is 4.79 Å². The second kappa shape index (κ2) is 4.17. The van der Waals surface area contributed by atoms with Gasteiger partial charge in [0.05, 0.1) is 4.60 Å². The second-order valence-corrected chi connectivity index (χ2v) is 4.48. The van der Waals surface area contributed by atoms with E-state index in [1.807, 2.05) is 17.2 Å². The predicted octanol–water partition coefficient (Wildman–Crippen LogP) is 2.29. The van der Waals surface area contributed by atoms with Gasteiger partial charge in [-0.15, -0.1) is 0 Å². The number of aromatic nitrogens is 1. The Labute approximate surface area is 91.6 Å². The number of nitrogens with zero attached hydrogens (tertiary/aromatic N) is 1. The topological polar surface area (TPSA) is 36.1 Å². The van der Waals surface area contributed by atoms with Crippen molar-refractivity contribution in [2.75, 3.05) is 6.54 Å². The number of carbonyl (C=O) groups excluding carboxylic acids is 1. The highest BCUT2D eigenvalue weighted by Gasteiger charge is 2.17. The Kier molecular flexibility index (Phi) is 2.91. The zero-order valence-corrected chi connectivity index (χ0v) is 9.51. The Hall–Kier alpha value is -0.770. The second-order valence-electron chi connectivity index (χ2n) is 3.63. The molecule has 2 heterocycles. The highest BCUT2D eigenvalue weighted by Crippen LogP contribution is 2.16. The van der Waals surface area contributed by atoms with Crippen LogP contribution in [0.2, 0.25) is 0 Å². The van der Waals surface area contributed by atoms with Gasteiger partial charge in [0.25, 0.3) is 0 Å². The number of halogens is 1. The predicted molar refractivity (Wildman–Crippen MR) is 57.8 cm³/mol. The average Bonchev–Trinajstić information content (AvgIpc) is 2.56. The van der Waals surface area contributed by atoms with Crippen LogP contribution in [0, 0.1) is 0 Å². The number of aromatic amines is 1. The number of hydrogen-bond acceptors (Lipinski definition) is 1. The van der Waals surface area contributed by atoms with Crippen molar-refractivity contribution in [1.82, 2.24) is 9.88 Å². The molecule has 1 saturated heterocycles. The lowest BCUT2D eigenvalue weighted by Gasteiger charge is -2.26. The van der Waals surface area contributed by atoms with Crippen molar-refractivity contribution in [3.63, 3.8) is 0 Å². The molecule has 3 nitrogen and oxygen atoms in total. The molecular formula is C10H13BrN2O. The average molecular weight is 257 g/mol. The quantitative estimate of drug-likeness (QED) is 0.866. The van der Waals surface area contributed by atoms with Crippen molar-refractivity contribution in [3.8, 4) is 0 Å². The first kappa shape index (κ1) is 9.77. The fraction of sp³-hybridized carbons (Fsp3) is 0.500. The van der Waals surface area contributed by atoms with Crippen LogP contribution >= 0.6 is 15.9 Å². The van der Waals surface area contributed by atoms with Crippen molar-refractivity contribution in [2.24, 2.45) is 0 Å². The maximum atomic E-state index is 11.5. The number of amides is 1. The number of hydrogen-bond donors (Lipinski definition) is 1. The summed E-state index contributed by atoms with van der Waals surface area (Å²) in [7, 11) is 0. The van der Waals surface area contributed by atoms with Crippen molar-refractivity contribution >= 4 is 21.8 Å². The van der Waals surface area contributed by atoms with E-state index in [0.29, 0.717) is 6.42 Å². The molecule has 1 fully saturated rings. The van der Waals surface area contributed by atoms with Gasteiger partial charge in [0.1, 0.15) is 0 Å². The molecule has 0 spiro atoms. The van der Waals surface area contributed by atoms with E-state index < -0.39 is 0 Å². The molecule has 0 unspecified atom stereocenters. The van der Waals surface area contributed by atoms with Crippen LogP contribution in [0.5, 0.6) is 0 Å². The number of piperidine rings is 1. The number of carbonyl (C=O) groups is 1. The van der Waals surface area contributed by atoms with Crippen LogP contribution in [-0.2, 0) is 11.3 Å². The molecule has 0 radical (unpaired) electrons. The van der Waals surface area contributed by atoms with Gasteiger partial charge in [0, 0.05) is 25.7 Å². The van der Waals surface area contributed by atoms with Crippen molar-refractivity contribution < 1.29 is 4.79 Å². The van der Waals surface area contributed by atoms with Gasteiger partial charge in [-0.2, -0.15) is 0 Å². The smallest absolute Gasteiger partial charge is 0.222 e. The maximum absolute atomic E-state index is 11.5. The van der Waals surface area contributed by atoms with Gasteiger partial charge in [-0.3, -0.25) is 4.79 Å².